The molecular weight excluding hydrogens is 370 g/mol. The predicted molar refractivity (Wildman–Crippen MR) is 91.2 cm³/mol. The summed E-state index contributed by atoms with van der Waals surface area (Å²) >= 11 is 0. The summed E-state index contributed by atoms with van der Waals surface area (Å²) in [5.74, 6) is -0.995. The Labute approximate surface area is 146 Å². The van der Waals surface area contributed by atoms with E-state index in [-0.39, 0.29) is 19.6 Å². The van der Waals surface area contributed by atoms with Gasteiger partial charge in [-0.15, -0.1) is 0 Å². The summed E-state index contributed by atoms with van der Waals surface area (Å²) in [6, 6.07) is 7.35. The highest BCUT2D eigenvalue weighted by atomic mass is 32.2. The third-order valence-electron chi connectivity index (χ3n) is 3.73. The van der Waals surface area contributed by atoms with Crippen LogP contribution in [0.4, 0.5) is 0 Å². The van der Waals surface area contributed by atoms with Crippen LogP contribution in [-0.2, 0) is 24.8 Å². The lowest BCUT2D eigenvalue weighted by atomic mass is 10.2. The molecule has 1 atom stereocenters. The van der Waals surface area contributed by atoms with E-state index in [2.05, 4.69) is 0 Å². The Kier molecular flexibility index (Phi) is 5.95. The van der Waals surface area contributed by atoms with Crippen LogP contribution in [0.5, 0.6) is 0 Å². The van der Waals surface area contributed by atoms with Gasteiger partial charge in [0.1, 0.15) is 6.04 Å². The third kappa shape index (κ3) is 4.86. The van der Waals surface area contributed by atoms with Crippen molar-refractivity contribution < 1.29 is 26.8 Å². The molecule has 1 amide bonds. The highest BCUT2D eigenvalue weighted by Crippen LogP contribution is 2.19. The molecule has 1 saturated heterocycles. The van der Waals surface area contributed by atoms with Crippen LogP contribution in [0.25, 0.3) is 6.08 Å². The highest BCUT2D eigenvalue weighted by molar-refractivity contribution is 7.92. The number of nitrogens with one attached hydrogen (secondary N) is 1. The Hall–Kier alpha value is -1.79. The summed E-state index contributed by atoms with van der Waals surface area (Å²) in [6.07, 6.45) is 2.35. The van der Waals surface area contributed by atoms with Gasteiger partial charge < -0.3 is 0 Å². The number of piperazine rings is 1. The summed E-state index contributed by atoms with van der Waals surface area (Å²) < 4.78 is 50.3. The van der Waals surface area contributed by atoms with Crippen LogP contribution >= 0.6 is 0 Å². The fraction of sp³-hybridized carbons (Fsp3) is 0.357. The molecule has 1 aromatic rings. The topological polar surface area (TPSA) is 124 Å². The number of hydrogen-bond acceptors (Lipinski definition) is 6. The van der Waals surface area contributed by atoms with E-state index in [0.29, 0.717) is 5.56 Å². The van der Waals surface area contributed by atoms with Gasteiger partial charge in [0.25, 0.3) is 5.91 Å². The van der Waals surface area contributed by atoms with Crippen LogP contribution in [0.15, 0.2) is 35.7 Å². The van der Waals surface area contributed by atoms with Crippen molar-refractivity contribution in [1.82, 2.24) is 14.1 Å². The number of amides is 1. The fourth-order valence-corrected chi connectivity index (χ4v) is 4.61. The first-order valence-electron chi connectivity index (χ1n) is 7.29. The number of hydroxylamine groups is 1. The van der Waals surface area contributed by atoms with E-state index in [1.54, 1.807) is 30.3 Å². The van der Waals surface area contributed by atoms with Crippen molar-refractivity contribution >= 4 is 32.0 Å². The molecule has 25 heavy (non-hydrogen) atoms. The van der Waals surface area contributed by atoms with Crippen LogP contribution in [0.2, 0.25) is 0 Å². The fourth-order valence-electron chi connectivity index (χ4n) is 2.44. The van der Waals surface area contributed by atoms with Gasteiger partial charge >= 0.3 is 0 Å². The molecule has 1 aliphatic rings. The second-order valence-electron chi connectivity index (χ2n) is 5.48. The molecule has 1 heterocycles. The van der Waals surface area contributed by atoms with Crippen LogP contribution in [0, 0.1) is 0 Å². The first kappa shape index (κ1) is 19.5. The van der Waals surface area contributed by atoms with Gasteiger partial charge in [-0.05, 0) is 11.6 Å². The molecule has 0 radical (unpaired) electrons. The standard InChI is InChI=1S/C14H19N3O6S2/c1-24(20,21)16-8-9-17(13(11-16)14(18)15-19)25(22,23)10-7-12-5-3-2-4-6-12/h2-7,10,13,19H,8-9,11H2,1H3,(H,15,18)/t13-/m1/s1. The van der Waals surface area contributed by atoms with Gasteiger partial charge in [-0.1, -0.05) is 30.3 Å². The second-order valence-corrected chi connectivity index (χ2v) is 9.24. The van der Waals surface area contributed by atoms with Gasteiger partial charge in [0.2, 0.25) is 20.0 Å². The van der Waals surface area contributed by atoms with E-state index in [9.17, 15) is 21.6 Å². The first-order valence-corrected chi connectivity index (χ1v) is 10.6. The minimum Gasteiger partial charge on any atom is -0.289 e. The van der Waals surface area contributed by atoms with Crippen molar-refractivity contribution in [2.24, 2.45) is 0 Å². The Balaban J connectivity index is 2.28. The lowest BCUT2D eigenvalue weighted by Crippen LogP contribution is -2.60. The van der Waals surface area contributed by atoms with Crippen molar-refractivity contribution in [1.29, 1.82) is 0 Å². The number of hydrogen-bond donors (Lipinski definition) is 2. The van der Waals surface area contributed by atoms with Crippen LogP contribution in [0.1, 0.15) is 5.56 Å². The molecule has 1 aliphatic heterocycles. The second kappa shape index (κ2) is 7.62. The lowest BCUT2D eigenvalue weighted by Gasteiger charge is -2.37. The van der Waals surface area contributed by atoms with Gasteiger partial charge in [-0.25, -0.2) is 22.3 Å². The first-order chi connectivity index (χ1) is 11.6. The van der Waals surface area contributed by atoms with Crippen molar-refractivity contribution in [2.45, 2.75) is 6.04 Å². The summed E-state index contributed by atoms with van der Waals surface area (Å²) in [7, 11) is -7.59. The largest absolute Gasteiger partial charge is 0.289 e. The maximum absolute atomic E-state index is 12.6. The Bertz CT molecular complexity index is 852. The number of rotatable bonds is 5. The summed E-state index contributed by atoms with van der Waals surface area (Å²) in [6.45, 7) is -0.650. The van der Waals surface area contributed by atoms with Gasteiger partial charge in [0.05, 0.1) is 6.26 Å². The van der Waals surface area contributed by atoms with Crippen molar-refractivity contribution in [3.63, 3.8) is 0 Å². The molecule has 2 N–H and O–H groups in total. The van der Waals surface area contributed by atoms with Crippen molar-refractivity contribution in [2.75, 3.05) is 25.9 Å². The van der Waals surface area contributed by atoms with Gasteiger partial charge in [-0.3, -0.25) is 10.0 Å². The Morgan fingerprint density at radius 2 is 1.84 bits per heavy atom. The maximum Gasteiger partial charge on any atom is 0.263 e. The van der Waals surface area contributed by atoms with Crippen molar-refractivity contribution in [3.8, 4) is 0 Å². The Morgan fingerprint density at radius 1 is 1.20 bits per heavy atom. The molecule has 1 fully saturated rings. The number of sulfonamides is 2. The molecule has 11 heteroatoms. The number of benzene rings is 1. The maximum atomic E-state index is 12.6. The molecule has 9 nitrogen and oxygen atoms in total. The van der Waals surface area contributed by atoms with Crippen LogP contribution < -0.4 is 5.48 Å². The zero-order chi connectivity index (χ0) is 18.7. The summed E-state index contributed by atoms with van der Waals surface area (Å²) in [4.78, 5) is 11.9. The van der Waals surface area contributed by atoms with Crippen LogP contribution in [-0.4, -0.2) is 68.5 Å². The normalized spacial score (nSPS) is 20.6. The molecule has 0 aromatic heterocycles. The van der Waals surface area contributed by atoms with E-state index >= 15 is 0 Å². The van der Waals surface area contributed by atoms with E-state index in [1.807, 2.05) is 0 Å². The zero-order valence-electron chi connectivity index (χ0n) is 13.4. The molecule has 138 valence electrons. The molecule has 0 bridgehead atoms. The number of nitrogens with zero attached hydrogens (tertiary/aromatic N) is 2. The monoisotopic (exact) mass is 389 g/mol. The number of carbonyl (C=O) groups excluding carboxylic acids is 1. The molecule has 0 saturated carbocycles. The van der Waals surface area contributed by atoms with Gasteiger partial charge in [0, 0.05) is 25.0 Å². The number of carbonyl (C=O) groups is 1. The lowest BCUT2D eigenvalue weighted by molar-refractivity contribution is -0.134. The molecule has 0 unspecified atom stereocenters. The average molecular weight is 389 g/mol. The van der Waals surface area contributed by atoms with E-state index in [1.165, 1.54) is 11.6 Å². The molecule has 0 aliphatic carbocycles. The molecule has 1 aromatic carbocycles. The van der Waals surface area contributed by atoms with E-state index < -0.39 is 32.0 Å². The van der Waals surface area contributed by atoms with E-state index in [4.69, 9.17) is 5.21 Å². The van der Waals surface area contributed by atoms with Crippen molar-refractivity contribution in [3.05, 3.63) is 41.3 Å². The summed E-state index contributed by atoms with van der Waals surface area (Å²) in [5, 5.41) is 9.81. The minimum absolute atomic E-state index is 0.0769. The Morgan fingerprint density at radius 3 is 2.40 bits per heavy atom. The van der Waals surface area contributed by atoms with Crippen LogP contribution in [0.3, 0.4) is 0 Å². The highest BCUT2D eigenvalue weighted by Gasteiger charge is 2.40. The van der Waals surface area contributed by atoms with E-state index in [0.717, 1.165) is 20.3 Å². The molecule has 0 spiro atoms. The third-order valence-corrected chi connectivity index (χ3v) is 6.58. The van der Waals surface area contributed by atoms with Gasteiger partial charge in [-0.2, -0.15) is 8.61 Å². The van der Waals surface area contributed by atoms with Gasteiger partial charge in [0.15, 0.2) is 0 Å². The zero-order valence-corrected chi connectivity index (χ0v) is 15.1. The minimum atomic E-state index is -4.00. The quantitative estimate of drug-likeness (QED) is 0.514. The average Bonchev–Trinajstić information content (AvgIpc) is 2.59. The molecule has 2 rings (SSSR count). The smallest absolute Gasteiger partial charge is 0.263 e. The SMILES string of the molecule is CS(=O)(=O)N1CCN(S(=O)(=O)C=Cc2ccccc2)[C@@H](C(=O)NO)C1. The predicted octanol–water partition coefficient (Wildman–Crippen LogP) is -0.562. The molecular formula is C14H19N3O6S2. The summed E-state index contributed by atoms with van der Waals surface area (Å²) in [5.41, 5.74) is 2.05.